The average Bonchev–Trinajstić information content (AvgIpc) is 3.07. The summed E-state index contributed by atoms with van der Waals surface area (Å²) in [4.78, 5) is 13.0. The van der Waals surface area contributed by atoms with E-state index in [2.05, 4.69) is 5.32 Å². The van der Waals surface area contributed by atoms with E-state index in [1.165, 1.54) is 16.9 Å². The molecule has 128 valence electrons. The van der Waals surface area contributed by atoms with Crippen LogP contribution in [0.1, 0.15) is 26.4 Å². The van der Waals surface area contributed by atoms with Crippen LogP contribution in [0.25, 0.3) is 0 Å². The van der Waals surface area contributed by atoms with Gasteiger partial charge in [0.15, 0.2) is 0 Å². The van der Waals surface area contributed by atoms with Crippen molar-refractivity contribution in [1.29, 1.82) is 0 Å². The number of halogens is 1. The predicted molar refractivity (Wildman–Crippen MR) is 104 cm³/mol. The third kappa shape index (κ3) is 4.62. The quantitative estimate of drug-likeness (QED) is 0.610. The summed E-state index contributed by atoms with van der Waals surface area (Å²) in [6, 6.07) is 15.2. The summed E-state index contributed by atoms with van der Waals surface area (Å²) in [5, 5.41) is 5.44. The lowest BCUT2D eigenvalue weighted by molar-refractivity contribution is 0.103. The summed E-state index contributed by atoms with van der Waals surface area (Å²) < 4.78 is 5.74. The SMILES string of the molecule is Cc1ccc(OCc2csc(C(=O)Nc3ccc(C)c(Cl)c3)c2)cc1. The molecule has 0 bridgehead atoms. The summed E-state index contributed by atoms with van der Waals surface area (Å²) >= 11 is 7.49. The second kappa shape index (κ2) is 7.72. The number of aryl methyl sites for hydroxylation is 2. The van der Waals surface area contributed by atoms with Gasteiger partial charge in [0, 0.05) is 16.3 Å². The number of ether oxygens (including phenoxy) is 1. The van der Waals surface area contributed by atoms with Gasteiger partial charge in [-0.05, 0) is 55.1 Å². The molecular formula is C20H18ClNO2S. The summed E-state index contributed by atoms with van der Waals surface area (Å²) in [5.74, 6) is 0.670. The first-order chi connectivity index (χ1) is 12.0. The van der Waals surface area contributed by atoms with Crippen LogP contribution in [0, 0.1) is 13.8 Å². The summed E-state index contributed by atoms with van der Waals surface area (Å²) in [7, 11) is 0. The van der Waals surface area contributed by atoms with Gasteiger partial charge in [-0.3, -0.25) is 4.79 Å². The number of nitrogens with one attached hydrogen (secondary N) is 1. The van der Waals surface area contributed by atoms with Gasteiger partial charge >= 0.3 is 0 Å². The number of carbonyl (C=O) groups excluding carboxylic acids is 1. The van der Waals surface area contributed by atoms with Gasteiger partial charge in [-0.25, -0.2) is 0 Å². The van der Waals surface area contributed by atoms with E-state index in [0.29, 0.717) is 22.2 Å². The minimum atomic E-state index is -0.147. The van der Waals surface area contributed by atoms with Gasteiger partial charge in [-0.15, -0.1) is 11.3 Å². The Kier molecular flexibility index (Phi) is 5.41. The molecule has 1 aromatic heterocycles. The van der Waals surface area contributed by atoms with Crippen LogP contribution in [0.15, 0.2) is 53.9 Å². The molecule has 0 saturated heterocycles. The maximum atomic E-state index is 12.4. The number of hydrogen-bond acceptors (Lipinski definition) is 3. The van der Waals surface area contributed by atoms with Gasteiger partial charge in [-0.1, -0.05) is 35.4 Å². The van der Waals surface area contributed by atoms with Crippen molar-refractivity contribution in [2.24, 2.45) is 0 Å². The van der Waals surface area contributed by atoms with Gasteiger partial charge in [0.05, 0.1) is 4.88 Å². The molecule has 1 N–H and O–H groups in total. The molecule has 0 fully saturated rings. The monoisotopic (exact) mass is 371 g/mol. The highest BCUT2D eigenvalue weighted by Crippen LogP contribution is 2.22. The first-order valence-corrected chi connectivity index (χ1v) is 9.11. The summed E-state index contributed by atoms with van der Waals surface area (Å²) in [5.41, 5.74) is 3.83. The van der Waals surface area contributed by atoms with Crippen LogP contribution < -0.4 is 10.1 Å². The Morgan fingerprint density at radius 2 is 1.88 bits per heavy atom. The number of benzene rings is 2. The van der Waals surface area contributed by atoms with Gasteiger partial charge in [0.25, 0.3) is 5.91 Å². The first-order valence-electron chi connectivity index (χ1n) is 7.85. The Labute approximate surface area is 156 Å². The number of carbonyl (C=O) groups is 1. The molecule has 3 aromatic rings. The van der Waals surface area contributed by atoms with E-state index in [0.717, 1.165) is 16.9 Å². The zero-order valence-electron chi connectivity index (χ0n) is 14.0. The zero-order valence-corrected chi connectivity index (χ0v) is 15.6. The molecule has 0 radical (unpaired) electrons. The fourth-order valence-corrected chi connectivity index (χ4v) is 3.21. The number of hydrogen-bond donors (Lipinski definition) is 1. The number of anilines is 1. The van der Waals surface area contributed by atoms with Crippen molar-refractivity contribution in [2.45, 2.75) is 20.5 Å². The van der Waals surface area contributed by atoms with Crippen molar-refractivity contribution in [3.8, 4) is 5.75 Å². The van der Waals surface area contributed by atoms with E-state index >= 15 is 0 Å². The van der Waals surface area contributed by atoms with Gasteiger partial charge in [-0.2, -0.15) is 0 Å². The third-order valence-electron chi connectivity index (χ3n) is 3.73. The maximum Gasteiger partial charge on any atom is 0.265 e. The molecule has 5 heteroatoms. The van der Waals surface area contributed by atoms with Crippen LogP contribution in [0.3, 0.4) is 0 Å². The minimum absolute atomic E-state index is 0.147. The van der Waals surface area contributed by atoms with Crippen molar-refractivity contribution in [3.05, 3.63) is 80.5 Å². The normalized spacial score (nSPS) is 10.5. The summed E-state index contributed by atoms with van der Waals surface area (Å²) in [6.07, 6.45) is 0. The maximum absolute atomic E-state index is 12.4. The molecule has 0 spiro atoms. The molecule has 1 amide bonds. The van der Waals surface area contributed by atoms with Crippen molar-refractivity contribution >= 4 is 34.5 Å². The molecule has 0 unspecified atom stereocenters. The smallest absolute Gasteiger partial charge is 0.265 e. The van der Waals surface area contributed by atoms with Crippen molar-refractivity contribution in [3.63, 3.8) is 0 Å². The van der Waals surface area contributed by atoms with E-state index in [4.69, 9.17) is 16.3 Å². The lowest BCUT2D eigenvalue weighted by Gasteiger charge is -2.06. The van der Waals surface area contributed by atoms with Gasteiger partial charge in [0.1, 0.15) is 12.4 Å². The second-order valence-electron chi connectivity index (χ2n) is 5.84. The topological polar surface area (TPSA) is 38.3 Å². The highest BCUT2D eigenvalue weighted by molar-refractivity contribution is 7.12. The van der Waals surface area contributed by atoms with Crippen molar-refractivity contribution in [2.75, 3.05) is 5.32 Å². The van der Waals surface area contributed by atoms with Crippen molar-refractivity contribution < 1.29 is 9.53 Å². The molecule has 0 aliphatic heterocycles. The van der Waals surface area contributed by atoms with Gasteiger partial charge < -0.3 is 10.1 Å². The standard InChI is InChI=1S/C20H18ClNO2S/c1-13-3-7-17(8-4-13)24-11-15-9-19(25-12-15)20(23)22-16-6-5-14(2)18(21)10-16/h3-10,12H,11H2,1-2H3,(H,22,23). The number of thiophene rings is 1. The molecule has 1 heterocycles. The Hall–Kier alpha value is -2.30. The molecular weight excluding hydrogens is 354 g/mol. The Morgan fingerprint density at radius 1 is 1.12 bits per heavy atom. The van der Waals surface area contributed by atoms with Crippen LogP contribution in [-0.2, 0) is 6.61 Å². The van der Waals surface area contributed by atoms with Gasteiger partial charge in [0.2, 0.25) is 0 Å². The molecule has 0 aliphatic carbocycles. The largest absolute Gasteiger partial charge is 0.489 e. The fourth-order valence-electron chi connectivity index (χ4n) is 2.23. The second-order valence-corrected chi connectivity index (χ2v) is 7.16. The molecule has 3 nitrogen and oxygen atoms in total. The van der Waals surface area contributed by atoms with Crippen LogP contribution >= 0.6 is 22.9 Å². The molecule has 3 rings (SSSR count). The zero-order chi connectivity index (χ0) is 17.8. The van der Waals surface area contributed by atoms with E-state index in [1.54, 1.807) is 6.07 Å². The highest BCUT2D eigenvalue weighted by Gasteiger charge is 2.10. The molecule has 25 heavy (non-hydrogen) atoms. The third-order valence-corrected chi connectivity index (χ3v) is 5.12. The van der Waals surface area contributed by atoms with E-state index in [1.807, 2.05) is 61.7 Å². The number of rotatable bonds is 5. The molecule has 0 aliphatic rings. The van der Waals surface area contributed by atoms with E-state index < -0.39 is 0 Å². The minimum Gasteiger partial charge on any atom is -0.489 e. The average molecular weight is 372 g/mol. The Morgan fingerprint density at radius 3 is 2.60 bits per heavy atom. The summed E-state index contributed by atoms with van der Waals surface area (Å²) in [6.45, 7) is 4.39. The van der Waals surface area contributed by atoms with Crippen LogP contribution in [-0.4, -0.2) is 5.91 Å². The Balaban J connectivity index is 1.61. The molecule has 0 atom stereocenters. The Bertz CT molecular complexity index is 887. The first kappa shape index (κ1) is 17.5. The molecule has 2 aromatic carbocycles. The van der Waals surface area contributed by atoms with Crippen molar-refractivity contribution in [1.82, 2.24) is 0 Å². The highest BCUT2D eigenvalue weighted by atomic mass is 35.5. The predicted octanol–water partition coefficient (Wildman–Crippen LogP) is 5.85. The molecule has 0 saturated carbocycles. The van der Waals surface area contributed by atoms with Crippen LogP contribution in [0.5, 0.6) is 5.75 Å². The van der Waals surface area contributed by atoms with E-state index in [9.17, 15) is 4.79 Å². The van der Waals surface area contributed by atoms with E-state index in [-0.39, 0.29) is 5.91 Å². The number of amides is 1. The fraction of sp³-hybridized carbons (Fsp3) is 0.150. The van der Waals surface area contributed by atoms with Crippen LogP contribution in [0.4, 0.5) is 5.69 Å². The lowest BCUT2D eigenvalue weighted by Crippen LogP contribution is -2.10. The lowest BCUT2D eigenvalue weighted by atomic mass is 10.2. The van der Waals surface area contributed by atoms with Crippen LogP contribution in [0.2, 0.25) is 5.02 Å².